The Bertz CT molecular complexity index is 934. The number of aliphatic hydroxyl groups is 1. The Hall–Kier alpha value is -1.67. The minimum Gasteiger partial charge on any atom is -0.390 e. The molecule has 4 fully saturated rings. The zero-order valence-corrected chi connectivity index (χ0v) is 20.0. The summed E-state index contributed by atoms with van der Waals surface area (Å²) in [7, 11) is 0. The zero-order valence-electron chi connectivity index (χ0n) is 20.0. The maximum atomic E-state index is 13.4. The fraction of sp³-hybridized carbons (Fsp3) is 0.815. The lowest BCUT2D eigenvalue weighted by molar-refractivity contribution is -0.154. The molecule has 0 aromatic carbocycles. The van der Waals surface area contributed by atoms with E-state index in [9.17, 15) is 9.90 Å². The number of carbonyl (C=O) groups excluding carboxylic acids is 1. The smallest absolute Gasteiger partial charge is 0.157 e. The lowest BCUT2D eigenvalue weighted by atomic mass is 9.43. The van der Waals surface area contributed by atoms with Crippen molar-refractivity contribution in [3.8, 4) is 6.07 Å². The number of hydrogen-bond acceptors (Lipinski definition) is 4. The minimum atomic E-state index is -0.441. The van der Waals surface area contributed by atoms with Crippen molar-refractivity contribution in [1.82, 2.24) is 9.78 Å². The van der Waals surface area contributed by atoms with Gasteiger partial charge < -0.3 is 5.11 Å². The minimum absolute atomic E-state index is 0.103. The van der Waals surface area contributed by atoms with Crippen LogP contribution < -0.4 is 0 Å². The Morgan fingerprint density at radius 2 is 1.94 bits per heavy atom. The van der Waals surface area contributed by atoms with Gasteiger partial charge in [-0.3, -0.25) is 9.48 Å². The SMILES string of the molecule is CC[C@@]1(O)CC[C@@]2(C)[C@@H](CC[C@@H]3[C@@H]2CC[C@]2(C)[C@@H](C(=O)Cn4cc(C#N)cn4)CC[C@@H]32)C1. The van der Waals surface area contributed by atoms with Crippen molar-refractivity contribution in [1.29, 1.82) is 5.26 Å². The molecule has 5 rings (SSSR count). The summed E-state index contributed by atoms with van der Waals surface area (Å²) in [5, 5.41) is 24.3. The van der Waals surface area contributed by atoms with E-state index >= 15 is 0 Å². The summed E-state index contributed by atoms with van der Waals surface area (Å²) in [6, 6.07) is 2.10. The molecule has 1 aromatic heterocycles. The highest BCUT2D eigenvalue weighted by molar-refractivity contribution is 5.82. The van der Waals surface area contributed by atoms with E-state index in [1.807, 2.05) is 0 Å². The van der Waals surface area contributed by atoms with E-state index in [0.29, 0.717) is 28.6 Å². The number of aromatic nitrogens is 2. The monoisotopic (exact) mass is 437 g/mol. The van der Waals surface area contributed by atoms with E-state index in [2.05, 4.69) is 31.9 Å². The van der Waals surface area contributed by atoms with Crippen molar-refractivity contribution in [2.45, 2.75) is 97.1 Å². The molecule has 0 bridgehead atoms. The lowest BCUT2D eigenvalue weighted by Crippen LogP contribution is -2.56. The molecule has 4 saturated carbocycles. The van der Waals surface area contributed by atoms with E-state index in [0.717, 1.165) is 50.4 Å². The summed E-state index contributed by atoms with van der Waals surface area (Å²) in [5.41, 5.74) is 0.534. The quantitative estimate of drug-likeness (QED) is 0.709. The van der Waals surface area contributed by atoms with Crippen LogP contribution in [0.25, 0.3) is 0 Å². The Morgan fingerprint density at radius 1 is 1.16 bits per heavy atom. The molecule has 0 amide bonds. The highest BCUT2D eigenvalue weighted by atomic mass is 16.3. The van der Waals surface area contributed by atoms with Crippen molar-refractivity contribution in [2.24, 2.45) is 40.4 Å². The second kappa shape index (κ2) is 7.69. The van der Waals surface area contributed by atoms with Crippen LogP contribution in [0.4, 0.5) is 0 Å². The number of carbonyl (C=O) groups is 1. The Labute approximate surface area is 192 Å². The third-order valence-electron chi connectivity index (χ3n) is 10.9. The Balaban J connectivity index is 1.33. The van der Waals surface area contributed by atoms with E-state index < -0.39 is 5.60 Å². The van der Waals surface area contributed by atoms with E-state index in [1.54, 1.807) is 17.1 Å². The molecule has 0 saturated heterocycles. The lowest BCUT2D eigenvalue weighted by Gasteiger charge is -2.62. The van der Waals surface area contributed by atoms with Gasteiger partial charge in [-0.05, 0) is 98.7 Å². The molecular formula is C27H39N3O2. The Morgan fingerprint density at radius 3 is 2.66 bits per heavy atom. The molecule has 1 N–H and O–H groups in total. The molecule has 4 aliphatic carbocycles. The third-order valence-corrected chi connectivity index (χ3v) is 10.9. The molecule has 0 unspecified atom stereocenters. The van der Waals surface area contributed by atoms with Crippen LogP contribution in [0.5, 0.6) is 0 Å². The van der Waals surface area contributed by atoms with Crippen molar-refractivity contribution < 1.29 is 9.90 Å². The number of hydrogen-bond donors (Lipinski definition) is 1. The number of ketones is 1. The van der Waals surface area contributed by atoms with Crippen molar-refractivity contribution in [2.75, 3.05) is 0 Å². The summed E-state index contributed by atoms with van der Waals surface area (Å²) in [6.45, 7) is 7.37. The van der Waals surface area contributed by atoms with Crippen molar-refractivity contribution >= 4 is 5.78 Å². The third kappa shape index (κ3) is 3.28. The fourth-order valence-corrected chi connectivity index (χ4v) is 8.95. The van der Waals surface area contributed by atoms with Crippen LogP contribution in [0.3, 0.4) is 0 Å². The topological polar surface area (TPSA) is 78.9 Å². The predicted molar refractivity (Wildman–Crippen MR) is 122 cm³/mol. The molecule has 174 valence electrons. The molecule has 4 aliphatic rings. The standard InChI is InChI=1S/C27H39N3O2/c1-4-27(32)12-11-25(2)19(13-27)5-6-20-21-7-8-23(26(21,3)10-9-22(20)25)24(31)17-30-16-18(14-28)15-29-30/h15-16,19-23,32H,4-13,17H2,1-3H3/t19-,20-,21-,22-,23+,25-,26-,27+/m0/s1. The van der Waals surface area contributed by atoms with Gasteiger partial charge in [-0.25, -0.2) is 0 Å². The molecule has 5 heteroatoms. The van der Waals surface area contributed by atoms with Gasteiger partial charge in [0.05, 0.1) is 23.9 Å². The van der Waals surface area contributed by atoms with Gasteiger partial charge in [-0.1, -0.05) is 20.8 Å². The normalized spacial score (nSPS) is 45.4. The van der Waals surface area contributed by atoms with Crippen LogP contribution in [0, 0.1) is 51.8 Å². The highest BCUT2D eigenvalue weighted by Crippen LogP contribution is 2.68. The summed E-state index contributed by atoms with van der Waals surface area (Å²) >= 11 is 0. The summed E-state index contributed by atoms with van der Waals surface area (Å²) in [4.78, 5) is 13.4. The van der Waals surface area contributed by atoms with Crippen LogP contribution in [0.1, 0.15) is 90.5 Å². The second-order valence-corrected chi connectivity index (χ2v) is 12.1. The molecule has 8 atom stereocenters. The first kappa shape index (κ1) is 22.1. The van der Waals surface area contributed by atoms with Gasteiger partial charge in [0.15, 0.2) is 5.78 Å². The average molecular weight is 438 g/mol. The molecule has 1 aromatic rings. The van der Waals surface area contributed by atoms with Gasteiger partial charge in [0, 0.05) is 12.1 Å². The zero-order chi connectivity index (χ0) is 22.7. The maximum Gasteiger partial charge on any atom is 0.157 e. The number of nitriles is 1. The molecule has 5 nitrogen and oxygen atoms in total. The predicted octanol–water partition coefficient (Wildman–Crippen LogP) is 5.12. The van der Waals surface area contributed by atoms with Crippen molar-refractivity contribution in [3.05, 3.63) is 18.0 Å². The van der Waals surface area contributed by atoms with Gasteiger partial charge >= 0.3 is 0 Å². The van der Waals surface area contributed by atoms with Crippen molar-refractivity contribution in [3.63, 3.8) is 0 Å². The maximum absolute atomic E-state index is 13.4. The van der Waals surface area contributed by atoms with E-state index in [1.165, 1.54) is 25.7 Å². The number of rotatable bonds is 4. The first-order valence-corrected chi connectivity index (χ1v) is 12.9. The second-order valence-electron chi connectivity index (χ2n) is 12.1. The largest absolute Gasteiger partial charge is 0.390 e. The molecule has 32 heavy (non-hydrogen) atoms. The summed E-state index contributed by atoms with van der Waals surface area (Å²) < 4.78 is 1.65. The van der Waals surface area contributed by atoms with Crippen LogP contribution in [-0.4, -0.2) is 26.3 Å². The fourth-order valence-electron chi connectivity index (χ4n) is 8.95. The number of fused-ring (bicyclic) bond motifs is 5. The van der Waals surface area contributed by atoms with Crippen LogP contribution in [-0.2, 0) is 11.3 Å². The molecule has 1 heterocycles. The average Bonchev–Trinajstić information content (AvgIpc) is 3.37. The van der Waals surface area contributed by atoms with E-state index in [-0.39, 0.29) is 17.9 Å². The highest BCUT2D eigenvalue weighted by Gasteiger charge is 2.61. The summed E-state index contributed by atoms with van der Waals surface area (Å²) in [6.07, 6.45) is 14.3. The first-order valence-electron chi connectivity index (χ1n) is 12.9. The van der Waals surface area contributed by atoms with Crippen LogP contribution >= 0.6 is 0 Å². The first-order chi connectivity index (χ1) is 15.2. The number of Topliss-reactive ketones (excluding diaryl/α,β-unsaturated/α-hetero) is 1. The molecule has 0 spiro atoms. The summed E-state index contributed by atoms with van der Waals surface area (Å²) in [5.74, 6) is 3.19. The van der Waals surface area contributed by atoms with Gasteiger partial charge in [0.2, 0.25) is 0 Å². The van der Waals surface area contributed by atoms with Crippen LogP contribution in [0.15, 0.2) is 12.4 Å². The number of nitrogens with zero attached hydrogens (tertiary/aromatic N) is 3. The van der Waals surface area contributed by atoms with E-state index in [4.69, 9.17) is 5.26 Å². The van der Waals surface area contributed by atoms with Gasteiger partial charge in [0.1, 0.15) is 6.07 Å². The molecule has 0 aliphatic heterocycles. The van der Waals surface area contributed by atoms with Gasteiger partial charge in [-0.15, -0.1) is 0 Å². The Kier molecular flexibility index (Phi) is 5.32. The molecular weight excluding hydrogens is 398 g/mol. The molecule has 0 radical (unpaired) electrons. The van der Waals surface area contributed by atoms with Gasteiger partial charge in [0.25, 0.3) is 0 Å². The van der Waals surface area contributed by atoms with Gasteiger partial charge in [-0.2, -0.15) is 10.4 Å². The van der Waals surface area contributed by atoms with Crippen LogP contribution in [0.2, 0.25) is 0 Å².